The summed E-state index contributed by atoms with van der Waals surface area (Å²) >= 11 is 1.76. The van der Waals surface area contributed by atoms with Gasteiger partial charge in [-0.3, -0.25) is 0 Å². The number of aliphatic hydroxyl groups is 1. The molecule has 1 aromatic carbocycles. The van der Waals surface area contributed by atoms with Crippen LogP contribution in [0.4, 0.5) is 0 Å². The van der Waals surface area contributed by atoms with Gasteiger partial charge in [-0.05, 0) is 29.0 Å². The molecule has 82 valence electrons. The molecule has 0 bridgehead atoms. The van der Waals surface area contributed by atoms with Gasteiger partial charge in [0.2, 0.25) is 0 Å². The summed E-state index contributed by atoms with van der Waals surface area (Å²) < 4.78 is 5.43. The predicted octanol–water partition coefficient (Wildman–Crippen LogP) is 2.41. The van der Waals surface area contributed by atoms with Crippen molar-refractivity contribution in [2.45, 2.75) is 19.4 Å². The third kappa shape index (κ3) is 2.47. The van der Waals surface area contributed by atoms with Crippen LogP contribution in [0, 0.1) is 0 Å². The van der Waals surface area contributed by atoms with E-state index in [1.165, 1.54) is 5.56 Å². The van der Waals surface area contributed by atoms with Crippen molar-refractivity contribution in [2.75, 3.05) is 18.1 Å². The van der Waals surface area contributed by atoms with E-state index in [-0.39, 0.29) is 6.10 Å². The molecule has 0 aliphatic carbocycles. The van der Waals surface area contributed by atoms with E-state index in [1.54, 1.807) is 11.8 Å². The van der Waals surface area contributed by atoms with Crippen LogP contribution < -0.4 is 4.74 Å². The van der Waals surface area contributed by atoms with Crippen LogP contribution in [-0.4, -0.2) is 23.2 Å². The lowest BCUT2D eigenvalue weighted by molar-refractivity contribution is 0.204. The molecular weight excluding hydrogens is 208 g/mol. The number of benzene rings is 1. The molecule has 1 aliphatic heterocycles. The molecule has 0 aromatic heterocycles. The van der Waals surface area contributed by atoms with Gasteiger partial charge in [0.1, 0.15) is 5.75 Å². The van der Waals surface area contributed by atoms with E-state index in [4.69, 9.17) is 4.74 Å². The summed E-state index contributed by atoms with van der Waals surface area (Å²) in [6.07, 6.45) is 0.623. The maximum atomic E-state index is 9.92. The van der Waals surface area contributed by atoms with Crippen LogP contribution in [0.15, 0.2) is 18.2 Å². The fraction of sp³-hybridized carbons (Fsp3) is 0.500. The number of thioether (sulfide) groups is 1. The van der Waals surface area contributed by atoms with Crippen molar-refractivity contribution in [2.24, 2.45) is 0 Å². The molecule has 0 saturated heterocycles. The minimum absolute atomic E-state index is 0.346. The molecule has 0 spiro atoms. The Morgan fingerprint density at radius 2 is 2.40 bits per heavy atom. The van der Waals surface area contributed by atoms with Crippen molar-refractivity contribution in [3.8, 4) is 5.75 Å². The fourth-order valence-electron chi connectivity index (χ4n) is 1.74. The average molecular weight is 224 g/mol. The number of aliphatic hydroxyl groups excluding tert-OH is 1. The highest BCUT2D eigenvalue weighted by Crippen LogP contribution is 2.29. The van der Waals surface area contributed by atoms with Crippen LogP contribution >= 0.6 is 11.8 Å². The largest absolute Gasteiger partial charge is 0.493 e. The molecule has 1 aromatic rings. The van der Waals surface area contributed by atoms with E-state index in [1.807, 2.05) is 12.1 Å². The van der Waals surface area contributed by atoms with Gasteiger partial charge in [0.05, 0.1) is 12.7 Å². The van der Waals surface area contributed by atoms with Gasteiger partial charge in [-0.25, -0.2) is 0 Å². The molecule has 0 fully saturated rings. The van der Waals surface area contributed by atoms with Crippen molar-refractivity contribution >= 4 is 11.8 Å². The summed E-state index contributed by atoms with van der Waals surface area (Å²) in [5, 5.41) is 9.92. The molecule has 1 aliphatic rings. The van der Waals surface area contributed by atoms with Crippen molar-refractivity contribution in [1.29, 1.82) is 0 Å². The summed E-state index contributed by atoms with van der Waals surface area (Å²) in [5.74, 6) is 2.80. The Morgan fingerprint density at radius 1 is 1.53 bits per heavy atom. The second-order valence-corrected chi connectivity index (χ2v) is 4.96. The standard InChI is InChI=1S/C12H16O2S/c1-2-15-8-11(13)9-3-4-12-10(7-9)5-6-14-12/h3-4,7,11,13H,2,5-6,8H2,1H3. The Hall–Kier alpha value is -0.670. The second-order valence-electron chi connectivity index (χ2n) is 3.64. The van der Waals surface area contributed by atoms with E-state index in [0.717, 1.165) is 35.8 Å². The summed E-state index contributed by atoms with van der Waals surface area (Å²) in [7, 11) is 0. The summed E-state index contributed by atoms with van der Waals surface area (Å²) in [4.78, 5) is 0. The van der Waals surface area contributed by atoms with Gasteiger partial charge in [-0.15, -0.1) is 0 Å². The lowest BCUT2D eigenvalue weighted by atomic mass is 10.1. The third-order valence-corrected chi connectivity index (χ3v) is 3.54. The quantitative estimate of drug-likeness (QED) is 0.851. The monoisotopic (exact) mass is 224 g/mol. The highest BCUT2D eigenvalue weighted by atomic mass is 32.2. The minimum Gasteiger partial charge on any atom is -0.493 e. The third-order valence-electron chi connectivity index (χ3n) is 2.58. The molecule has 1 N–H and O–H groups in total. The number of rotatable bonds is 4. The Bertz CT molecular complexity index is 338. The Labute approximate surface area is 94.6 Å². The Morgan fingerprint density at radius 3 is 3.20 bits per heavy atom. The van der Waals surface area contributed by atoms with Crippen molar-refractivity contribution in [3.63, 3.8) is 0 Å². The van der Waals surface area contributed by atoms with E-state index in [0.29, 0.717) is 0 Å². The molecule has 0 amide bonds. The van der Waals surface area contributed by atoms with Gasteiger partial charge < -0.3 is 9.84 Å². The van der Waals surface area contributed by atoms with Crippen LogP contribution in [0.5, 0.6) is 5.75 Å². The first-order valence-corrected chi connectivity index (χ1v) is 6.48. The van der Waals surface area contributed by atoms with Gasteiger partial charge in [-0.1, -0.05) is 13.0 Å². The zero-order chi connectivity index (χ0) is 10.7. The molecule has 0 radical (unpaired) electrons. The second kappa shape index (κ2) is 4.90. The number of fused-ring (bicyclic) bond motifs is 1. The van der Waals surface area contributed by atoms with E-state index in [2.05, 4.69) is 13.0 Å². The highest BCUT2D eigenvalue weighted by Gasteiger charge is 2.15. The Kier molecular flexibility index (Phi) is 3.54. The van der Waals surface area contributed by atoms with Gasteiger partial charge in [-0.2, -0.15) is 11.8 Å². The van der Waals surface area contributed by atoms with Crippen molar-refractivity contribution in [3.05, 3.63) is 29.3 Å². The van der Waals surface area contributed by atoms with Crippen LogP contribution in [0.25, 0.3) is 0 Å². The molecule has 1 heterocycles. The molecule has 1 atom stereocenters. The first-order valence-electron chi connectivity index (χ1n) is 5.32. The molecule has 2 nitrogen and oxygen atoms in total. The van der Waals surface area contributed by atoms with Crippen LogP contribution in [0.3, 0.4) is 0 Å². The molecular formula is C12H16O2S. The molecule has 2 rings (SSSR count). The minimum atomic E-state index is -0.346. The predicted molar refractivity (Wildman–Crippen MR) is 63.6 cm³/mol. The van der Waals surface area contributed by atoms with Gasteiger partial charge in [0, 0.05) is 12.2 Å². The van der Waals surface area contributed by atoms with Gasteiger partial charge >= 0.3 is 0 Å². The van der Waals surface area contributed by atoms with Crippen molar-refractivity contribution < 1.29 is 9.84 Å². The molecule has 0 saturated carbocycles. The number of ether oxygens (including phenoxy) is 1. The SMILES string of the molecule is CCSCC(O)c1ccc2c(c1)CCO2. The maximum Gasteiger partial charge on any atom is 0.122 e. The lowest BCUT2D eigenvalue weighted by Crippen LogP contribution is -2.01. The highest BCUT2D eigenvalue weighted by molar-refractivity contribution is 7.99. The lowest BCUT2D eigenvalue weighted by Gasteiger charge is -2.11. The van der Waals surface area contributed by atoms with Gasteiger partial charge in [0.25, 0.3) is 0 Å². The summed E-state index contributed by atoms with van der Waals surface area (Å²) in [6, 6.07) is 6.01. The molecule has 1 unspecified atom stereocenters. The smallest absolute Gasteiger partial charge is 0.122 e. The fourth-order valence-corrected chi connectivity index (χ4v) is 2.39. The van der Waals surface area contributed by atoms with E-state index >= 15 is 0 Å². The number of hydrogen-bond donors (Lipinski definition) is 1. The maximum absolute atomic E-state index is 9.92. The van der Waals surface area contributed by atoms with Crippen molar-refractivity contribution in [1.82, 2.24) is 0 Å². The number of hydrogen-bond acceptors (Lipinski definition) is 3. The molecule has 15 heavy (non-hydrogen) atoms. The summed E-state index contributed by atoms with van der Waals surface area (Å²) in [5.41, 5.74) is 2.24. The average Bonchev–Trinajstić information content (AvgIpc) is 2.72. The van der Waals surface area contributed by atoms with Gasteiger partial charge in [0.15, 0.2) is 0 Å². The van der Waals surface area contributed by atoms with E-state index in [9.17, 15) is 5.11 Å². The van der Waals surface area contributed by atoms with Crippen LogP contribution in [0.2, 0.25) is 0 Å². The molecule has 3 heteroatoms. The first-order chi connectivity index (χ1) is 7.31. The van der Waals surface area contributed by atoms with Crippen LogP contribution in [0.1, 0.15) is 24.2 Å². The zero-order valence-electron chi connectivity index (χ0n) is 8.90. The van der Waals surface area contributed by atoms with Crippen LogP contribution in [-0.2, 0) is 6.42 Å². The zero-order valence-corrected chi connectivity index (χ0v) is 9.72. The first kappa shape index (κ1) is 10.8. The Balaban J connectivity index is 2.08. The normalized spacial score (nSPS) is 15.9. The summed E-state index contributed by atoms with van der Waals surface area (Å²) in [6.45, 7) is 2.88. The topological polar surface area (TPSA) is 29.5 Å². The van der Waals surface area contributed by atoms with E-state index < -0.39 is 0 Å².